The van der Waals surface area contributed by atoms with Crippen LogP contribution in [0, 0.1) is 0 Å². The first-order chi connectivity index (χ1) is 13.1. The van der Waals surface area contributed by atoms with Gasteiger partial charge in [0.05, 0.1) is 6.61 Å². The van der Waals surface area contributed by atoms with Gasteiger partial charge in [0, 0.05) is 12.8 Å². The quantitative estimate of drug-likeness (QED) is 0.165. The molecule has 4 heteroatoms. The molecule has 0 aliphatic rings. The summed E-state index contributed by atoms with van der Waals surface area (Å²) >= 11 is 0. The Morgan fingerprint density at radius 3 is 1.63 bits per heavy atom. The third-order valence-corrected chi connectivity index (χ3v) is 4.25. The van der Waals surface area contributed by atoms with Crippen LogP contribution in [0.2, 0.25) is 0 Å². The third-order valence-electron chi connectivity index (χ3n) is 4.25. The Bertz CT molecular complexity index is 350. The summed E-state index contributed by atoms with van der Waals surface area (Å²) in [6, 6.07) is 0. The Morgan fingerprint density at radius 2 is 1.19 bits per heavy atom. The maximum Gasteiger partial charge on any atom is 0.305 e. The lowest BCUT2D eigenvalue weighted by molar-refractivity contribution is -0.143. The third kappa shape index (κ3) is 29.7. The van der Waals surface area contributed by atoms with Crippen molar-refractivity contribution in [3.63, 3.8) is 0 Å². The molecule has 0 saturated carbocycles. The number of hydrogen-bond acceptors (Lipinski definition) is 3. The summed E-state index contributed by atoms with van der Waals surface area (Å²) in [6.07, 6.45) is 22.2. The maximum atomic E-state index is 11.1. The van der Waals surface area contributed by atoms with E-state index in [2.05, 4.69) is 19.1 Å². The molecule has 0 amide bonds. The van der Waals surface area contributed by atoms with Crippen molar-refractivity contribution in [2.75, 3.05) is 6.61 Å². The van der Waals surface area contributed by atoms with Crippen molar-refractivity contribution >= 4 is 11.9 Å². The minimum atomic E-state index is -0.745. The van der Waals surface area contributed by atoms with Crippen LogP contribution in [0.25, 0.3) is 0 Å². The topological polar surface area (TPSA) is 63.6 Å². The molecule has 160 valence electrons. The molecule has 0 aromatic carbocycles. The molecule has 0 rings (SSSR count). The van der Waals surface area contributed by atoms with E-state index in [-0.39, 0.29) is 12.4 Å². The van der Waals surface area contributed by atoms with Crippen LogP contribution in [-0.4, -0.2) is 23.7 Å². The van der Waals surface area contributed by atoms with Gasteiger partial charge in [0.15, 0.2) is 0 Å². The molecule has 0 saturated heterocycles. The van der Waals surface area contributed by atoms with Gasteiger partial charge in [-0.3, -0.25) is 9.59 Å². The Balaban J connectivity index is 0. The Labute approximate surface area is 167 Å². The van der Waals surface area contributed by atoms with E-state index in [0.717, 1.165) is 12.8 Å². The van der Waals surface area contributed by atoms with Crippen LogP contribution in [0.3, 0.4) is 0 Å². The summed E-state index contributed by atoms with van der Waals surface area (Å²) in [5.41, 5.74) is 0. The van der Waals surface area contributed by atoms with Gasteiger partial charge in [0.1, 0.15) is 0 Å². The molecule has 0 spiro atoms. The summed E-state index contributed by atoms with van der Waals surface area (Å²) in [5.74, 6) is -0.787. The number of carbonyl (C=O) groups is 2. The minimum absolute atomic E-state index is 0.0415. The summed E-state index contributed by atoms with van der Waals surface area (Å²) in [7, 11) is 0. The van der Waals surface area contributed by atoms with E-state index < -0.39 is 5.97 Å². The van der Waals surface area contributed by atoms with Crippen molar-refractivity contribution in [2.45, 2.75) is 117 Å². The van der Waals surface area contributed by atoms with Crippen molar-refractivity contribution < 1.29 is 19.4 Å². The number of carboxylic acid groups (broad SMARTS) is 1. The molecular weight excluding hydrogens is 340 g/mol. The van der Waals surface area contributed by atoms with E-state index in [1.165, 1.54) is 70.6 Å². The van der Waals surface area contributed by atoms with Crippen molar-refractivity contribution in [2.24, 2.45) is 0 Å². The van der Waals surface area contributed by atoms with Gasteiger partial charge in [-0.05, 0) is 39.0 Å². The van der Waals surface area contributed by atoms with Crippen molar-refractivity contribution in [1.82, 2.24) is 0 Å². The first-order valence-electron chi connectivity index (χ1n) is 11.1. The standard InChI is InChI=1S/C20H38O2.C3H6O2/c1-3-5-6-7-8-9-10-11-12-13-14-15-16-17-18-19-20(21)22-4-2;1-2-3(4)5/h11-12H,3-10,13-19H2,1-2H3;2H2,1H3,(H,4,5)/b12-11-;. The smallest absolute Gasteiger partial charge is 0.305 e. The number of carbonyl (C=O) groups excluding carboxylic acids is 1. The van der Waals surface area contributed by atoms with Crippen LogP contribution >= 0.6 is 0 Å². The molecule has 0 fully saturated rings. The lowest BCUT2D eigenvalue weighted by Gasteiger charge is -2.01. The fourth-order valence-electron chi connectivity index (χ4n) is 2.57. The number of carboxylic acids is 1. The highest BCUT2D eigenvalue weighted by atomic mass is 16.5. The van der Waals surface area contributed by atoms with E-state index in [1.54, 1.807) is 6.92 Å². The van der Waals surface area contributed by atoms with Crippen LogP contribution in [0.15, 0.2) is 12.2 Å². The Hall–Kier alpha value is -1.32. The molecule has 0 heterocycles. The molecule has 4 nitrogen and oxygen atoms in total. The molecule has 0 unspecified atom stereocenters. The van der Waals surface area contributed by atoms with Gasteiger partial charge >= 0.3 is 11.9 Å². The van der Waals surface area contributed by atoms with Crippen molar-refractivity contribution in [1.29, 1.82) is 0 Å². The monoisotopic (exact) mass is 384 g/mol. The normalized spacial score (nSPS) is 10.5. The number of rotatable bonds is 17. The molecule has 0 atom stereocenters. The van der Waals surface area contributed by atoms with Gasteiger partial charge in [-0.25, -0.2) is 0 Å². The fourth-order valence-corrected chi connectivity index (χ4v) is 2.57. The number of allylic oxidation sites excluding steroid dienone is 2. The van der Waals surface area contributed by atoms with Crippen LogP contribution in [-0.2, 0) is 14.3 Å². The SMILES string of the molecule is CCC(=O)O.CCCCCCCC/C=C\CCCCCCCC(=O)OCC. The van der Waals surface area contributed by atoms with Crippen LogP contribution in [0.5, 0.6) is 0 Å². The van der Waals surface area contributed by atoms with E-state index >= 15 is 0 Å². The number of esters is 1. The molecule has 0 aliphatic heterocycles. The van der Waals surface area contributed by atoms with Gasteiger partial charge in [0.25, 0.3) is 0 Å². The van der Waals surface area contributed by atoms with Crippen LogP contribution in [0.1, 0.15) is 117 Å². The molecule has 0 aliphatic carbocycles. The van der Waals surface area contributed by atoms with E-state index in [0.29, 0.717) is 13.0 Å². The minimum Gasteiger partial charge on any atom is -0.481 e. The number of unbranched alkanes of at least 4 members (excludes halogenated alkanes) is 11. The number of aliphatic carboxylic acids is 1. The molecule has 0 aromatic rings. The zero-order chi connectivity index (χ0) is 20.6. The summed E-state index contributed by atoms with van der Waals surface area (Å²) in [6.45, 7) is 6.23. The van der Waals surface area contributed by atoms with Gasteiger partial charge in [-0.2, -0.15) is 0 Å². The molecule has 1 N–H and O–H groups in total. The molecule has 0 aromatic heterocycles. The first kappa shape index (κ1) is 27.9. The average molecular weight is 385 g/mol. The number of hydrogen-bond donors (Lipinski definition) is 1. The van der Waals surface area contributed by atoms with Crippen molar-refractivity contribution in [3.05, 3.63) is 12.2 Å². The molecule has 27 heavy (non-hydrogen) atoms. The zero-order valence-corrected chi connectivity index (χ0v) is 18.1. The van der Waals surface area contributed by atoms with Crippen LogP contribution in [0.4, 0.5) is 0 Å². The van der Waals surface area contributed by atoms with Crippen LogP contribution < -0.4 is 0 Å². The maximum absolute atomic E-state index is 11.1. The fraction of sp³-hybridized carbons (Fsp3) is 0.826. The van der Waals surface area contributed by atoms with Gasteiger partial charge in [-0.1, -0.05) is 77.4 Å². The largest absolute Gasteiger partial charge is 0.481 e. The number of ether oxygens (including phenoxy) is 1. The van der Waals surface area contributed by atoms with E-state index in [4.69, 9.17) is 9.84 Å². The first-order valence-corrected chi connectivity index (χ1v) is 11.1. The molecular formula is C23H44O4. The van der Waals surface area contributed by atoms with Gasteiger partial charge in [0.2, 0.25) is 0 Å². The van der Waals surface area contributed by atoms with E-state index in [1.807, 2.05) is 6.92 Å². The molecule has 0 bridgehead atoms. The Kier molecular flexibility index (Phi) is 25.5. The second kappa shape index (κ2) is 24.7. The van der Waals surface area contributed by atoms with Gasteiger partial charge in [-0.15, -0.1) is 0 Å². The predicted octanol–water partition coefficient (Wildman–Crippen LogP) is 7.07. The highest BCUT2D eigenvalue weighted by molar-refractivity contribution is 5.69. The highest BCUT2D eigenvalue weighted by Crippen LogP contribution is 2.10. The second-order valence-corrected chi connectivity index (χ2v) is 6.89. The summed E-state index contributed by atoms with van der Waals surface area (Å²) in [5, 5.41) is 7.72. The van der Waals surface area contributed by atoms with E-state index in [9.17, 15) is 9.59 Å². The van der Waals surface area contributed by atoms with Crippen molar-refractivity contribution in [3.8, 4) is 0 Å². The summed E-state index contributed by atoms with van der Waals surface area (Å²) < 4.78 is 4.91. The average Bonchev–Trinajstić information content (AvgIpc) is 2.65. The zero-order valence-electron chi connectivity index (χ0n) is 18.1. The lowest BCUT2D eigenvalue weighted by atomic mass is 10.1. The summed E-state index contributed by atoms with van der Waals surface area (Å²) in [4.78, 5) is 20.5. The van der Waals surface area contributed by atoms with Gasteiger partial charge < -0.3 is 9.84 Å². The highest BCUT2D eigenvalue weighted by Gasteiger charge is 2.00. The predicted molar refractivity (Wildman–Crippen MR) is 114 cm³/mol. The molecule has 0 radical (unpaired) electrons. The second-order valence-electron chi connectivity index (χ2n) is 6.89. The Morgan fingerprint density at radius 1 is 0.741 bits per heavy atom. The lowest BCUT2D eigenvalue weighted by Crippen LogP contribution is -2.03.